The van der Waals surface area contributed by atoms with E-state index < -0.39 is 0 Å². The minimum atomic E-state index is -0.0190. The van der Waals surface area contributed by atoms with Crippen LogP contribution in [0.1, 0.15) is 24.1 Å². The van der Waals surface area contributed by atoms with Crippen LogP contribution in [-0.2, 0) is 0 Å². The standard InChI is InChI=1S/C15H13Cl4N/c1-8-3-4-10(16)7-13(8)20-9(2)11-5-6-12(17)15(19)14(11)18/h3-7,9,20H,1-2H3. The summed E-state index contributed by atoms with van der Waals surface area (Å²) in [4.78, 5) is 0. The van der Waals surface area contributed by atoms with Crippen molar-refractivity contribution in [3.63, 3.8) is 0 Å². The van der Waals surface area contributed by atoms with Crippen molar-refractivity contribution in [2.75, 3.05) is 5.32 Å². The van der Waals surface area contributed by atoms with Gasteiger partial charge in [0, 0.05) is 10.7 Å². The number of halogens is 4. The van der Waals surface area contributed by atoms with Crippen molar-refractivity contribution >= 4 is 52.1 Å². The summed E-state index contributed by atoms with van der Waals surface area (Å²) in [5, 5.41) is 5.37. The minimum absolute atomic E-state index is 0.0190. The van der Waals surface area contributed by atoms with Crippen LogP contribution in [0.4, 0.5) is 5.69 Å². The van der Waals surface area contributed by atoms with Gasteiger partial charge in [-0.05, 0) is 43.2 Å². The number of aryl methyl sites for hydroxylation is 1. The van der Waals surface area contributed by atoms with Gasteiger partial charge in [-0.25, -0.2) is 0 Å². The Kier molecular flexibility index (Phi) is 5.09. The van der Waals surface area contributed by atoms with Gasteiger partial charge in [0.05, 0.1) is 21.1 Å². The van der Waals surface area contributed by atoms with Crippen molar-refractivity contribution < 1.29 is 0 Å². The van der Waals surface area contributed by atoms with E-state index in [2.05, 4.69) is 5.32 Å². The van der Waals surface area contributed by atoms with Crippen LogP contribution in [0.25, 0.3) is 0 Å². The molecule has 0 aliphatic rings. The van der Waals surface area contributed by atoms with E-state index in [1.165, 1.54) is 0 Å². The quantitative estimate of drug-likeness (QED) is 0.602. The van der Waals surface area contributed by atoms with Crippen molar-refractivity contribution in [3.8, 4) is 0 Å². The molecule has 0 aromatic heterocycles. The molecule has 2 rings (SSSR count). The van der Waals surface area contributed by atoms with Crippen LogP contribution >= 0.6 is 46.4 Å². The van der Waals surface area contributed by atoms with E-state index in [0.717, 1.165) is 16.8 Å². The lowest BCUT2D eigenvalue weighted by molar-refractivity contribution is 0.883. The predicted octanol–water partition coefficient (Wildman–Crippen LogP) is 6.78. The van der Waals surface area contributed by atoms with E-state index in [1.807, 2.05) is 38.1 Å². The zero-order chi connectivity index (χ0) is 14.9. The molecular formula is C15H13Cl4N. The van der Waals surface area contributed by atoms with Gasteiger partial charge in [0.1, 0.15) is 0 Å². The summed E-state index contributed by atoms with van der Waals surface area (Å²) in [6.45, 7) is 4.02. The van der Waals surface area contributed by atoms with Gasteiger partial charge in [-0.2, -0.15) is 0 Å². The first-order chi connectivity index (χ1) is 9.40. The summed E-state index contributed by atoms with van der Waals surface area (Å²) < 4.78 is 0. The SMILES string of the molecule is Cc1ccc(Cl)cc1NC(C)c1ccc(Cl)c(Cl)c1Cl. The molecule has 106 valence electrons. The molecule has 20 heavy (non-hydrogen) atoms. The van der Waals surface area contributed by atoms with Crippen molar-refractivity contribution in [1.29, 1.82) is 0 Å². The van der Waals surface area contributed by atoms with Crippen LogP contribution in [0.2, 0.25) is 20.1 Å². The number of benzene rings is 2. The third-order valence-corrected chi connectivity index (χ3v) is 4.65. The average Bonchev–Trinajstić information content (AvgIpc) is 2.40. The fourth-order valence-electron chi connectivity index (χ4n) is 1.94. The van der Waals surface area contributed by atoms with Gasteiger partial charge < -0.3 is 5.32 Å². The number of rotatable bonds is 3. The van der Waals surface area contributed by atoms with Gasteiger partial charge in [-0.15, -0.1) is 0 Å². The smallest absolute Gasteiger partial charge is 0.0782 e. The molecule has 0 bridgehead atoms. The summed E-state index contributed by atoms with van der Waals surface area (Å²) in [5.41, 5.74) is 2.96. The number of anilines is 1. The second-order valence-electron chi connectivity index (χ2n) is 4.59. The molecule has 1 unspecified atom stereocenters. The van der Waals surface area contributed by atoms with Crippen LogP contribution in [0.3, 0.4) is 0 Å². The highest BCUT2D eigenvalue weighted by Crippen LogP contribution is 2.36. The third-order valence-electron chi connectivity index (χ3n) is 3.10. The summed E-state index contributed by atoms with van der Waals surface area (Å²) in [6, 6.07) is 9.31. The Morgan fingerprint density at radius 2 is 1.65 bits per heavy atom. The summed E-state index contributed by atoms with van der Waals surface area (Å²) in [6.07, 6.45) is 0. The van der Waals surface area contributed by atoms with Gasteiger partial charge in [0.15, 0.2) is 0 Å². The fourth-order valence-corrected chi connectivity index (χ4v) is 2.81. The molecule has 0 aliphatic carbocycles. The number of hydrogen-bond donors (Lipinski definition) is 1. The van der Waals surface area contributed by atoms with Crippen molar-refractivity contribution in [3.05, 3.63) is 61.5 Å². The van der Waals surface area contributed by atoms with Gasteiger partial charge in [0.25, 0.3) is 0 Å². The van der Waals surface area contributed by atoms with E-state index >= 15 is 0 Å². The molecule has 0 aliphatic heterocycles. The monoisotopic (exact) mass is 347 g/mol. The Morgan fingerprint density at radius 1 is 0.950 bits per heavy atom. The number of hydrogen-bond acceptors (Lipinski definition) is 1. The number of nitrogens with one attached hydrogen (secondary N) is 1. The zero-order valence-electron chi connectivity index (χ0n) is 11.0. The van der Waals surface area contributed by atoms with Gasteiger partial charge in [-0.1, -0.05) is 58.5 Å². The highest BCUT2D eigenvalue weighted by Gasteiger charge is 2.15. The Bertz CT molecular complexity index is 640. The maximum absolute atomic E-state index is 6.25. The lowest BCUT2D eigenvalue weighted by atomic mass is 10.1. The van der Waals surface area contributed by atoms with Crippen molar-refractivity contribution in [2.24, 2.45) is 0 Å². The first kappa shape index (κ1) is 15.8. The van der Waals surface area contributed by atoms with Crippen LogP contribution in [0.15, 0.2) is 30.3 Å². The fraction of sp³-hybridized carbons (Fsp3) is 0.200. The molecule has 0 saturated heterocycles. The average molecular weight is 349 g/mol. The topological polar surface area (TPSA) is 12.0 Å². The molecule has 0 amide bonds. The van der Waals surface area contributed by atoms with E-state index in [9.17, 15) is 0 Å². The maximum atomic E-state index is 6.25. The van der Waals surface area contributed by atoms with E-state index in [1.54, 1.807) is 6.07 Å². The Balaban J connectivity index is 2.31. The van der Waals surface area contributed by atoms with Gasteiger partial charge >= 0.3 is 0 Å². The highest BCUT2D eigenvalue weighted by molar-refractivity contribution is 6.48. The normalized spacial score (nSPS) is 12.3. The highest BCUT2D eigenvalue weighted by atomic mass is 35.5. The Morgan fingerprint density at radius 3 is 2.35 bits per heavy atom. The molecule has 1 N–H and O–H groups in total. The molecule has 0 spiro atoms. The molecule has 1 nitrogen and oxygen atoms in total. The molecule has 0 heterocycles. The van der Waals surface area contributed by atoms with Gasteiger partial charge in [-0.3, -0.25) is 0 Å². The molecular weight excluding hydrogens is 336 g/mol. The first-order valence-electron chi connectivity index (χ1n) is 6.06. The molecule has 0 fully saturated rings. The molecule has 5 heteroatoms. The third kappa shape index (κ3) is 3.35. The lowest BCUT2D eigenvalue weighted by Gasteiger charge is -2.19. The molecule has 0 radical (unpaired) electrons. The second kappa shape index (κ2) is 6.44. The Labute approximate surface area is 138 Å². The first-order valence-corrected chi connectivity index (χ1v) is 7.57. The van der Waals surface area contributed by atoms with E-state index in [0.29, 0.717) is 20.1 Å². The minimum Gasteiger partial charge on any atom is -0.378 e. The predicted molar refractivity (Wildman–Crippen MR) is 89.7 cm³/mol. The lowest BCUT2D eigenvalue weighted by Crippen LogP contribution is -2.08. The molecule has 2 aromatic rings. The van der Waals surface area contributed by atoms with Gasteiger partial charge in [0.2, 0.25) is 0 Å². The summed E-state index contributed by atoms with van der Waals surface area (Å²) in [7, 11) is 0. The van der Waals surface area contributed by atoms with Crippen LogP contribution in [0, 0.1) is 6.92 Å². The van der Waals surface area contributed by atoms with Crippen molar-refractivity contribution in [1.82, 2.24) is 0 Å². The van der Waals surface area contributed by atoms with Crippen LogP contribution < -0.4 is 5.32 Å². The van der Waals surface area contributed by atoms with Crippen LogP contribution in [0.5, 0.6) is 0 Å². The zero-order valence-corrected chi connectivity index (χ0v) is 14.0. The van der Waals surface area contributed by atoms with E-state index in [-0.39, 0.29) is 6.04 Å². The molecule has 0 saturated carbocycles. The Hall–Kier alpha value is -0.600. The largest absolute Gasteiger partial charge is 0.378 e. The maximum Gasteiger partial charge on any atom is 0.0782 e. The van der Waals surface area contributed by atoms with E-state index in [4.69, 9.17) is 46.4 Å². The van der Waals surface area contributed by atoms with Crippen LogP contribution in [-0.4, -0.2) is 0 Å². The van der Waals surface area contributed by atoms with Crippen molar-refractivity contribution in [2.45, 2.75) is 19.9 Å². The summed E-state index contributed by atoms with van der Waals surface area (Å²) in [5.74, 6) is 0. The molecule has 1 atom stereocenters. The second-order valence-corrected chi connectivity index (χ2v) is 6.19. The summed E-state index contributed by atoms with van der Waals surface area (Å²) >= 11 is 24.3. The molecule has 2 aromatic carbocycles.